The van der Waals surface area contributed by atoms with E-state index in [1.54, 1.807) is 6.20 Å². The van der Waals surface area contributed by atoms with Crippen molar-refractivity contribution >= 4 is 36.5 Å². The highest BCUT2D eigenvalue weighted by atomic mass is 35.5. The number of amides is 1. The second-order valence-corrected chi connectivity index (χ2v) is 6.99. The summed E-state index contributed by atoms with van der Waals surface area (Å²) >= 11 is 0. The lowest BCUT2D eigenvalue weighted by Gasteiger charge is -2.36. The minimum Gasteiger partial charge on any atom is -0.357 e. The Kier molecular flexibility index (Phi) is 7.08. The van der Waals surface area contributed by atoms with Gasteiger partial charge in [-0.3, -0.25) is 4.79 Å². The number of rotatable bonds is 3. The molecule has 0 bridgehead atoms. The van der Waals surface area contributed by atoms with Crippen LogP contribution in [0.2, 0.25) is 0 Å². The topological polar surface area (TPSA) is 91.1 Å². The molecule has 9 heteroatoms. The van der Waals surface area contributed by atoms with Crippen molar-refractivity contribution in [3.8, 4) is 0 Å². The van der Waals surface area contributed by atoms with Gasteiger partial charge in [-0.05, 0) is 31.9 Å². The lowest BCUT2D eigenvalue weighted by atomic mass is 9.78. The monoisotopic (exact) mass is 412 g/mol. The number of carbonyl (C=O) groups excluding carboxylic acids is 1. The SMILES string of the molecule is Cc1nc(C2CC(N)C2)cc(N2CCN(C(=O)c3ccc[nH]3)CC2)n1.Cl.Cl. The molecule has 3 heterocycles. The molecule has 0 atom stereocenters. The van der Waals surface area contributed by atoms with Crippen LogP contribution in [-0.2, 0) is 0 Å². The van der Waals surface area contributed by atoms with Crippen molar-refractivity contribution in [1.82, 2.24) is 19.9 Å². The van der Waals surface area contributed by atoms with Crippen LogP contribution in [0.1, 0.15) is 40.8 Å². The smallest absolute Gasteiger partial charge is 0.270 e. The van der Waals surface area contributed by atoms with Gasteiger partial charge in [0, 0.05) is 56.1 Å². The van der Waals surface area contributed by atoms with E-state index in [9.17, 15) is 4.79 Å². The van der Waals surface area contributed by atoms with Crippen molar-refractivity contribution in [2.45, 2.75) is 31.7 Å². The van der Waals surface area contributed by atoms with E-state index in [1.165, 1.54) is 0 Å². The van der Waals surface area contributed by atoms with Crippen molar-refractivity contribution in [1.29, 1.82) is 0 Å². The number of halogens is 2. The van der Waals surface area contributed by atoms with Crippen molar-refractivity contribution in [2.75, 3.05) is 31.1 Å². The predicted octanol–water partition coefficient (Wildman–Crippen LogP) is 2.12. The van der Waals surface area contributed by atoms with E-state index >= 15 is 0 Å². The normalized spacial score (nSPS) is 21.7. The summed E-state index contributed by atoms with van der Waals surface area (Å²) in [6, 6.07) is 6.08. The fraction of sp³-hybridized carbons (Fsp3) is 0.500. The number of aromatic amines is 1. The molecule has 1 saturated heterocycles. The lowest BCUT2D eigenvalue weighted by Crippen LogP contribution is -2.49. The first kappa shape index (κ1) is 21.5. The highest BCUT2D eigenvalue weighted by Crippen LogP contribution is 2.35. The number of carbonyl (C=O) groups is 1. The fourth-order valence-electron chi connectivity index (χ4n) is 3.62. The Balaban J connectivity index is 0.00000131. The molecule has 7 nitrogen and oxygen atoms in total. The van der Waals surface area contributed by atoms with Gasteiger partial charge >= 0.3 is 0 Å². The first-order valence-electron chi connectivity index (χ1n) is 8.89. The van der Waals surface area contributed by atoms with E-state index in [-0.39, 0.29) is 30.7 Å². The third kappa shape index (κ3) is 4.54. The minimum absolute atomic E-state index is 0. The largest absolute Gasteiger partial charge is 0.357 e. The fourth-order valence-corrected chi connectivity index (χ4v) is 3.62. The molecule has 0 radical (unpaired) electrons. The predicted molar refractivity (Wildman–Crippen MR) is 110 cm³/mol. The van der Waals surface area contributed by atoms with Gasteiger partial charge in [0.05, 0.1) is 0 Å². The van der Waals surface area contributed by atoms with Gasteiger partial charge in [0.1, 0.15) is 17.3 Å². The molecule has 2 fully saturated rings. The second-order valence-electron chi connectivity index (χ2n) is 6.99. The maximum absolute atomic E-state index is 12.4. The molecule has 1 amide bonds. The standard InChI is InChI=1S/C18H24N6O.2ClH/c1-12-21-16(13-9-14(19)10-13)11-17(22-12)23-5-7-24(8-6-23)18(25)15-3-2-4-20-15;;/h2-4,11,13-14,20H,5-10,19H2,1H3;2*1H. The molecule has 2 aromatic rings. The van der Waals surface area contributed by atoms with Crippen LogP contribution < -0.4 is 10.6 Å². The number of aryl methyl sites for hydroxylation is 1. The zero-order valence-corrected chi connectivity index (χ0v) is 16.9. The summed E-state index contributed by atoms with van der Waals surface area (Å²) in [5, 5.41) is 0. The molecule has 27 heavy (non-hydrogen) atoms. The Hall–Kier alpha value is -1.83. The van der Waals surface area contributed by atoms with Gasteiger partial charge in [-0.2, -0.15) is 0 Å². The molecule has 2 aromatic heterocycles. The zero-order chi connectivity index (χ0) is 17.4. The van der Waals surface area contributed by atoms with Gasteiger partial charge in [0.2, 0.25) is 0 Å². The third-order valence-corrected chi connectivity index (χ3v) is 5.16. The quantitative estimate of drug-likeness (QED) is 0.805. The number of hydrogen-bond donors (Lipinski definition) is 2. The van der Waals surface area contributed by atoms with Crippen LogP contribution >= 0.6 is 24.8 Å². The molecule has 2 aliphatic rings. The van der Waals surface area contributed by atoms with Crippen LogP contribution in [0.15, 0.2) is 24.4 Å². The maximum Gasteiger partial charge on any atom is 0.270 e. The summed E-state index contributed by atoms with van der Waals surface area (Å²) in [5.41, 5.74) is 7.67. The highest BCUT2D eigenvalue weighted by Gasteiger charge is 2.30. The summed E-state index contributed by atoms with van der Waals surface area (Å²) in [7, 11) is 0. The molecular weight excluding hydrogens is 387 g/mol. The van der Waals surface area contributed by atoms with Crippen LogP contribution in [0.4, 0.5) is 5.82 Å². The van der Waals surface area contributed by atoms with E-state index < -0.39 is 0 Å². The minimum atomic E-state index is 0. The Morgan fingerprint density at radius 2 is 1.89 bits per heavy atom. The molecule has 148 valence electrons. The summed E-state index contributed by atoms with van der Waals surface area (Å²) in [5.74, 6) is 2.30. The van der Waals surface area contributed by atoms with E-state index in [0.717, 1.165) is 43.3 Å². The number of hydrogen-bond acceptors (Lipinski definition) is 5. The van der Waals surface area contributed by atoms with E-state index in [2.05, 4.69) is 25.9 Å². The molecule has 0 spiro atoms. The van der Waals surface area contributed by atoms with Crippen LogP contribution in [0.25, 0.3) is 0 Å². The summed E-state index contributed by atoms with van der Waals surface area (Å²) < 4.78 is 0. The van der Waals surface area contributed by atoms with Crippen LogP contribution in [0.3, 0.4) is 0 Å². The zero-order valence-electron chi connectivity index (χ0n) is 15.3. The van der Waals surface area contributed by atoms with E-state index in [0.29, 0.717) is 30.7 Å². The molecule has 0 aromatic carbocycles. The van der Waals surface area contributed by atoms with Gasteiger partial charge in [0.25, 0.3) is 5.91 Å². The summed E-state index contributed by atoms with van der Waals surface area (Å²) in [4.78, 5) is 28.8. The van der Waals surface area contributed by atoms with Crippen LogP contribution in [0.5, 0.6) is 0 Å². The second kappa shape index (κ2) is 8.91. The van der Waals surface area contributed by atoms with Crippen molar-refractivity contribution in [2.24, 2.45) is 5.73 Å². The van der Waals surface area contributed by atoms with Gasteiger partial charge in [-0.1, -0.05) is 0 Å². The van der Waals surface area contributed by atoms with Gasteiger partial charge in [-0.25, -0.2) is 9.97 Å². The molecular formula is C18H26Cl2N6O. The van der Waals surface area contributed by atoms with Gasteiger partial charge in [-0.15, -0.1) is 24.8 Å². The first-order chi connectivity index (χ1) is 12.1. The number of aromatic nitrogens is 3. The number of nitrogens with zero attached hydrogens (tertiary/aromatic N) is 4. The number of nitrogens with two attached hydrogens (primary N) is 1. The Bertz CT molecular complexity index is 755. The van der Waals surface area contributed by atoms with Gasteiger partial charge in [0.15, 0.2) is 0 Å². The molecule has 3 N–H and O–H groups in total. The molecule has 1 saturated carbocycles. The number of anilines is 1. The molecule has 0 unspecified atom stereocenters. The summed E-state index contributed by atoms with van der Waals surface area (Å²) in [6.45, 7) is 4.91. The first-order valence-corrected chi connectivity index (χ1v) is 8.89. The van der Waals surface area contributed by atoms with E-state index in [1.807, 2.05) is 24.0 Å². The van der Waals surface area contributed by atoms with Crippen LogP contribution in [-0.4, -0.2) is 58.0 Å². The third-order valence-electron chi connectivity index (χ3n) is 5.16. The van der Waals surface area contributed by atoms with Crippen molar-refractivity contribution < 1.29 is 4.79 Å². The van der Waals surface area contributed by atoms with Crippen molar-refractivity contribution in [3.63, 3.8) is 0 Å². The Labute approximate surface area is 171 Å². The Morgan fingerprint density at radius 3 is 2.48 bits per heavy atom. The molecule has 1 aliphatic carbocycles. The highest BCUT2D eigenvalue weighted by molar-refractivity contribution is 5.92. The van der Waals surface area contributed by atoms with Gasteiger partial charge < -0.3 is 20.5 Å². The lowest BCUT2D eigenvalue weighted by molar-refractivity contribution is 0.0741. The average Bonchev–Trinajstić information content (AvgIpc) is 3.12. The molecule has 1 aliphatic heterocycles. The Morgan fingerprint density at radius 1 is 1.19 bits per heavy atom. The summed E-state index contributed by atoms with van der Waals surface area (Å²) in [6.07, 6.45) is 3.80. The van der Waals surface area contributed by atoms with Crippen molar-refractivity contribution in [3.05, 3.63) is 41.6 Å². The average molecular weight is 413 g/mol. The van der Waals surface area contributed by atoms with Crippen LogP contribution in [0, 0.1) is 6.92 Å². The maximum atomic E-state index is 12.4. The number of piperazine rings is 1. The number of nitrogens with one attached hydrogen (secondary N) is 1. The molecule has 4 rings (SSSR count). The van der Waals surface area contributed by atoms with E-state index in [4.69, 9.17) is 5.73 Å². The number of H-pyrrole nitrogens is 1.